The molecule has 21 heavy (non-hydrogen) atoms. The number of carbonyl (C=O) groups is 1. The molecule has 0 aliphatic carbocycles. The molecule has 0 bridgehead atoms. The topological polar surface area (TPSA) is 98.2 Å². The van der Waals surface area contributed by atoms with Crippen LogP contribution < -0.4 is 4.72 Å². The van der Waals surface area contributed by atoms with Gasteiger partial charge >= 0.3 is 5.97 Å². The third kappa shape index (κ3) is 4.66. The molecule has 10 heteroatoms. The van der Waals surface area contributed by atoms with Crippen molar-refractivity contribution in [1.29, 1.82) is 0 Å². The Labute approximate surface area is 130 Å². The number of ether oxygens (including phenoxy) is 1. The van der Waals surface area contributed by atoms with Gasteiger partial charge in [-0.05, 0) is 18.2 Å². The number of nitrogens with zero attached hydrogens (tertiary/aromatic N) is 2. The quantitative estimate of drug-likeness (QED) is 0.830. The average Bonchev–Trinajstić information content (AvgIpc) is 2.80. The fraction of sp³-hybridized carbons (Fsp3) is 0.182. The van der Waals surface area contributed by atoms with Crippen molar-refractivity contribution < 1.29 is 17.9 Å². The number of sulfonamides is 1. The van der Waals surface area contributed by atoms with E-state index in [9.17, 15) is 13.2 Å². The lowest BCUT2D eigenvalue weighted by molar-refractivity contribution is 0.0468. The summed E-state index contributed by atoms with van der Waals surface area (Å²) in [6.07, 6.45) is 1.02. The van der Waals surface area contributed by atoms with Crippen LogP contribution >= 0.6 is 23.1 Å². The molecule has 0 radical (unpaired) electrons. The minimum absolute atomic E-state index is 0.0993. The molecule has 0 spiro atoms. The molecule has 112 valence electrons. The smallest absolute Gasteiger partial charge is 0.338 e. The number of carbonyl (C=O) groups excluding carboxylic acids is 1. The number of benzene rings is 1. The number of esters is 1. The highest BCUT2D eigenvalue weighted by Crippen LogP contribution is 2.19. The van der Waals surface area contributed by atoms with E-state index in [0.717, 1.165) is 17.8 Å². The number of aromatic nitrogens is 2. The summed E-state index contributed by atoms with van der Waals surface area (Å²) in [5.41, 5.74) is 0.865. The van der Waals surface area contributed by atoms with E-state index in [1.54, 1.807) is 6.07 Å². The van der Waals surface area contributed by atoms with E-state index in [1.807, 2.05) is 0 Å². The molecule has 1 N–H and O–H groups in total. The first-order chi connectivity index (χ1) is 9.85. The monoisotopic (exact) mass is 347 g/mol. The minimum atomic E-state index is -3.41. The Bertz CT molecular complexity index is 760. The van der Waals surface area contributed by atoms with Gasteiger partial charge in [0.25, 0.3) is 0 Å². The van der Waals surface area contributed by atoms with Gasteiger partial charge in [0.15, 0.2) is 0 Å². The Hall–Kier alpha value is -1.71. The highest BCUT2D eigenvalue weighted by atomic mass is 35.5. The number of rotatable bonds is 5. The maximum Gasteiger partial charge on any atom is 0.338 e. The molecule has 2 rings (SSSR count). The predicted molar refractivity (Wildman–Crippen MR) is 78.9 cm³/mol. The second-order valence-electron chi connectivity index (χ2n) is 4.02. The summed E-state index contributed by atoms with van der Waals surface area (Å²) in [6, 6.07) is 5.96. The van der Waals surface area contributed by atoms with Crippen LogP contribution in [0.4, 0.5) is 5.69 Å². The van der Waals surface area contributed by atoms with Crippen molar-refractivity contribution in [3.63, 3.8) is 0 Å². The zero-order valence-electron chi connectivity index (χ0n) is 10.7. The van der Waals surface area contributed by atoms with Crippen LogP contribution in [-0.2, 0) is 21.4 Å². The third-order valence-corrected chi connectivity index (χ3v) is 3.84. The highest BCUT2D eigenvalue weighted by Gasteiger charge is 2.12. The lowest BCUT2D eigenvalue weighted by Crippen LogP contribution is -2.11. The maximum atomic E-state index is 11.9. The summed E-state index contributed by atoms with van der Waals surface area (Å²) >= 11 is 6.79. The average molecular weight is 348 g/mol. The van der Waals surface area contributed by atoms with Crippen molar-refractivity contribution in [3.05, 3.63) is 39.9 Å². The normalized spacial score (nSPS) is 11.1. The van der Waals surface area contributed by atoms with Gasteiger partial charge in [-0.15, -0.1) is 5.10 Å². The van der Waals surface area contributed by atoms with Crippen molar-refractivity contribution in [2.24, 2.45) is 0 Å². The van der Waals surface area contributed by atoms with Gasteiger partial charge in [-0.2, -0.15) is 0 Å². The standard InChI is InChI=1S/C11H10ClN3O4S2/c1-21(17,18)14-8-4-2-3-7(5-8)11(16)19-6-9-10(12)20-15-13-9/h2-5,14H,6H2,1H3. The minimum Gasteiger partial charge on any atom is -0.455 e. The molecule has 0 aliphatic rings. The van der Waals surface area contributed by atoms with Gasteiger partial charge in [-0.25, -0.2) is 13.2 Å². The fourth-order valence-electron chi connectivity index (χ4n) is 1.42. The Kier molecular flexibility index (Phi) is 4.76. The number of hydrogen-bond donors (Lipinski definition) is 1. The van der Waals surface area contributed by atoms with Crippen LogP contribution in [0.2, 0.25) is 4.34 Å². The predicted octanol–water partition coefficient (Wildman–Crippen LogP) is 1.92. The van der Waals surface area contributed by atoms with E-state index >= 15 is 0 Å². The molecular weight excluding hydrogens is 338 g/mol. The lowest BCUT2D eigenvalue weighted by atomic mass is 10.2. The van der Waals surface area contributed by atoms with Crippen molar-refractivity contribution in [2.45, 2.75) is 6.61 Å². The summed E-state index contributed by atoms with van der Waals surface area (Å²) in [5, 5.41) is 3.72. The van der Waals surface area contributed by atoms with Gasteiger partial charge in [0.1, 0.15) is 16.6 Å². The highest BCUT2D eigenvalue weighted by molar-refractivity contribution is 7.92. The Balaban J connectivity index is 2.06. The molecule has 0 amide bonds. The van der Waals surface area contributed by atoms with Crippen LogP contribution in [0.5, 0.6) is 0 Å². The van der Waals surface area contributed by atoms with Crippen LogP contribution in [0.25, 0.3) is 0 Å². The van der Waals surface area contributed by atoms with Crippen LogP contribution in [0.3, 0.4) is 0 Å². The number of nitrogens with one attached hydrogen (secondary N) is 1. The van der Waals surface area contributed by atoms with E-state index < -0.39 is 16.0 Å². The van der Waals surface area contributed by atoms with Crippen molar-refractivity contribution in [2.75, 3.05) is 11.0 Å². The van der Waals surface area contributed by atoms with Gasteiger partial charge in [0.05, 0.1) is 11.8 Å². The second-order valence-corrected chi connectivity index (χ2v) is 7.13. The zero-order chi connectivity index (χ0) is 15.5. The first-order valence-corrected chi connectivity index (χ1v) is 8.61. The van der Waals surface area contributed by atoms with Gasteiger partial charge < -0.3 is 4.74 Å². The van der Waals surface area contributed by atoms with Gasteiger partial charge in [-0.3, -0.25) is 4.72 Å². The fourth-order valence-corrected chi connectivity index (χ4v) is 2.58. The van der Waals surface area contributed by atoms with Crippen LogP contribution in [0.1, 0.15) is 16.1 Å². The summed E-state index contributed by atoms with van der Waals surface area (Å²) in [7, 11) is -3.41. The molecule has 0 atom stereocenters. The molecule has 7 nitrogen and oxygen atoms in total. The van der Waals surface area contributed by atoms with Gasteiger partial charge in [-0.1, -0.05) is 22.2 Å². The molecule has 0 saturated carbocycles. The SMILES string of the molecule is CS(=O)(=O)Nc1cccc(C(=O)OCc2nnsc2Cl)c1. The molecule has 0 unspecified atom stereocenters. The third-order valence-electron chi connectivity index (χ3n) is 2.25. The lowest BCUT2D eigenvalue weighted by Gasteiger charge is -2.06. The molecule has 2 aromatic rings. The number of hydrogen-bond acceptors (Lipinski definition) is 7. The number of anilines is 1. The Morgan fingerprint density at radius 3 is 2.86 bits per heavy atom. The van der Waals surface area contributed by atoms with Crippen LogP contribution in [-0.4, -0.2) is 30.2 Å². The summed E-state index contributed by atoms with van der Waals surface area (Å²) in [4.78, 5) is 11.9. The summed E-state index contributed by atoms with van der Waals surface area (Å²) < 4.78 is 33.6. The van der Waals surface area contributed by atoms with Crippen molar-refractivity contribution >= 4 is 44.8 Å². The second kappa shape index (κ2) is 6.37. The zero-order valence-corrected chi connectivity index (χ0v) is 13.1. The van der Waals surface area contributed by atoms with E-state index in [2.05, 4.69) is 14.3 Å². The van der Waals surface area contributed by atoms with Crippen molar-refractivity contribution in [1.82, 2.24) is 9.59 Å². The van der Waals surface area contributed by atoms with Gasteiger partial charge in [0.2, 0.25) is 10.0 Å². The van der Waals surface area contributed by atoms with E-state index in [-0.39, 0.29) is 17.9 Å². The Morgan fingerprint density at radius 1 is 1.48 bits per heavy atom. The first kappa shape index (κ1) is 15.7. The molecule has 1 heterocycles. The van der Waals surface area contributed by atoms with E-state index in [1.165, 1.54) is 18.2 Å². The maximum absolute atomic E-state index is 11.9. The van der Waals surface area contributed by atoms with Gasteiger partial charge in [0, 0.05) is 17.2 Å². The summed E-state index contributed by atoms with van der Waals surface area (Å²) in [5.74, 6) is -0.615. The van der Waals surface area contributed by atoms with E-state index in [4.69, 9.17) is 16.3 Å². The molecule has 1 aromatic carbocycles. The molecular formula is C11H10ClN3O4S2. The van der Waals surface area contributed by atoms with Crippen LogP contribution in [0.15, 0.2) is 24.3 Å². The number of halogens is 1. The Morgan fingerprint density at radius 2 is 2.24 bits per heavy atom. The summed E-state index contributed by atoms with van der Waals surface area (Å²) in [6.45, 7) is -0.0993. The molecule has 0 saturated heterocycles. The molecule has 0 fully saturated rings. The van der Waals surface area contributed by atoms with Crippen LogP contribution in [0, 0.1) is 0 Å². The van der Waals surface area contributed by atoms with E-state index in [0.29, 0.717) is 10.0 Å². The van der Waals surface area contributed by atoms with Crippen molar-refractivity contribution in [3.8, 4) is 0 Å². The first-order valence-electron chi connectivity index (χ1n) is 5.57. The molecule has 0 aliphatic heterocycles. The molecule has 1 aromatic heterocycles. The largest absolute Gasteiger partial charge is 0.455 e.